The lowest BCUT2D eigenvalue weighted by molar-refractivity contribution is -0.149. The molecule has 1 atom stereocenters. The van der Waals surface area contributed by atoms with Crippen LogP contribution in [0.1, 0.15) is 16.8 Å². The molecule has 0 radical (unpaired) electrons. The lowest BCUT2D eigenvalue weighted by atomic mass is 10.1. The normalized spacial score (nSPS) is 11.7. The van der Waals surface area contributed by atoms with E-state index in [1.807, 2.05) is 6.26 Å². The number of anilines is 1. The Labute approximate surface area is 192 Å². The molecule has 0 spiro atoms. The van der Waals surface area contributed by atoms with Gasteiger partial charge >= 0.3 is 5.97 Å². The third-order valence-electron chi connectivity index (χ3n) is 4.22. The Kier molecular flexibility index (Phi) is 8.21. The van der Waals surface area contributed by atoms with E-state index >= 15 is 0 Å². The predicted molar refractivity (Wildman–Crippen MR) is 123 cm³/mol. The van der Waals surface area contributed by atoms with E-state index in [1.54, 1.807) is 42.5 Å². The first kappa shape index (κ1) is 23.0. The molecule has 1 aromatic heterocycles. The van der Waals surface area contributed by atoms with Crippen LogP contribution in [0, 0.1) is 0 Å². The molecular formula is C20H19ClN4O4S2. The van der Waals surface area contributed by atoms with Gasteiger partial charge in [0, 0.05) is 0 Å². The average Bonchev–Trinajstić information content (AvgIpc) is 3.25. The highest BCUT2D eigenvalue weighted by molar-refractivity contribution is 7.98. The topological polar surface area (TPSA) is 110 Å². The Morgan fingerprint density at radius 3 is 2.74 bits per heavy atom. The molecule has 3 aromatic rings. The fourth-order valence-corrected chi connectivity index (χ4v) is 3.94. The molecule has 11 heteroatoms. The van der Waals surface area contributed by atoms with Crippen LogP contribution in [0.2, 0.25) is 5.02 Å². The van der Waals surface area contributed by atoms with Crippen molar-refractivity contribution in [2.24, 2.45) is 0 Å². The minimum Gasteiger partial charge on any atom is -0.454 e. The Balaban J connectivity index is 1.59. The fraction of sp³-hybridized carbons (Fsp3) is 0.250. The van der Waals surface area contributed by atoms with E-state index in [0.29, 0.717) is 28.9 Å². The van der Waals surface area contributed by atoms with Crippen LogP contribution in [-0.4, -0.2) is 51.2 Å². The van der Waals surface area contributed by atoms with E-state index in [0.717, 1.165) is 11.7 Å². The lowest BCUT2D eigenvalue weighted by Crippen LogP contribution is -2.43. The van der Waals surface area contributed by atoms with Gasteiger partial charge in [-0.3, -0.25) is 9.59 Å². The number of fused-ring (bicyclic) bond motifs is 1. The van der Waals surface area contributed by atoms with E-state index in [2.05, 4.69) is 19.4 Å². The molecule has 8 nitrogen and oxygen atoms in total. The number of thioether (sulfide) groups is 1. The molecule has 1 unspecified atom stereocenters. The molecule has 0 bridgehead atoms. The number of halogens is 1. The van der Waals surface area contributed by atoms with Crippen LogP contribution in [0.3, 0.4) is 0 Å². The summed E-state index contributed by atoms with van der Waals surface area (Å²) in [7, 11) is 0. The van der Waals surface area contributed by atoms with E-state index in [1.165, 1.54) is 11.8 Å². The van der Waals surface area contributed by atoms with Gasteiger partial charge in [0.25, 0.3) is 11.8 Å². The number of aromatic nitrogens is 2. The van der Waals surface area contributed by atoms with Gasteiger partial charge in [0.05, 0.1) is 28.0 Å². The number of ether oxygens (including phenoxy) is 1. The lowest BCUT2D eigenvalue weighted by Gasteiger charge is -2.17. The third kappa shape index (κ3) is 6.16. The molecule has 0 aliphatic rings. The number of nitrogens with one attached hydrogen (secondary N) is 2. The van der Waals surface area contributed by atoms with Crippen LogP contribution in [-0.2, 0) is 14.3 Å². The number of rotatable bonds is 9. The summed E-state index contributed by atoms with van der Waals surface area (Å²) in [5, 5.41) is 5.58. The minimum absolute atomic E-state index is 0.258. The number of benzene rings is 2. The summed E-state index contributed by atoms with van der Waals surface area (Å²) < 4.78 is 13.4. The van der Waals surface area contributed by atoms with E-state index in [9.17, 15) is 14.4 Å². The number of carbonyl (C=O) groups excluding carboxylic acids is 3. The van der Waals surface area contributed by atoms with Crippen LogP contribution < -0.4 is 10.6 Å². The largest absolute Gasteiger partial charge is 0.454 e. The van der Waals surface area contributed by atoms with Crippen molar-refractivity contribution in [2.45, 2.75) is 12.5 Å². The number of amides is 2. The number of carbonyl (C=O) groups is 3. The van der Waals surface area contributed by atoms with Crippen LogP contribution in [0.15, 0.2) is 42.5 Å². The smallest absolute Gasteiger partial charge is 0.329 e. The molecule has 0 saturated heterocycles. The first-order valence-electron chi connectivity index (χ1n) is 9.21. The summed E-state index contributed by atoms with van der Waals surface area (Å²) >= 11 is 8.62. The second-order valence-corrected chi connectivity index (χ2v) is 8.30. The number of hydrogen-bond donors (Lipinski definition) is 2. The van der Waals surface area contributed by atoms with Gasteiger partial charge in [-0.15, -0.1) is 0 Å². The summed E-state index contributed by atoms with van der Waals surface area (Å²) in [6.45, 7) is -0.496. The maximum absolute atomic E-state index is 12.5. The molecular weight excluding hydrogens is 460 g/mol. The van der Waals surface area contributed by atoms with Gasteiger partial charge in [-0.25, -0.2) is 4.79 Å². The first-order chi connectivity index (χ1) is 15.0. The zero-order valence-electron chi connectivity index (χ0n) is 16.5. The molecule has 0 aliphatic heterocycles. The average molecular weight is 479 g/mol. The van der Waals surface area contributed by atoms with Gasteiger partial charge in [-0.05, 0) is 42.7 Å². The van der Waals surface area contributed by atoms with E-state index in [-0.39, 0.29) is 10.6 Å². The molecule has 162 valence electrons. The SMILES string of the molecule is CSCCC(NC(=O)c1ccccc1Cl)C(=O)OCC(=O)Nc1cccc2nsnc12. The highest BCUT2D eigenvalue weighted by Crippen LogP contribution is 2.21. The van der Waals surface area contributed by atoms with Gasteiger partial charge in [0.1, 0.15) is 17.1 Å². The van der Waals surface area contributed by atoms with Gasteiger partial charge in [0.2, 0.25) is 0 Å². The van der Waals surface area contributed by atoms with Crippen LogP contribution in [0.25, 0.3) is 11.0 Å². The van der Waals surface area contributed by atoms with Crippen molar-refractivity contribution in [3.8, 4) is 0 Å². The van der Waals surface area contributed by atoms with Crippen LogP contribution in [0.4, 0.5) is 5.69 Å². The highest BCUT2D eigenvalue weighted by Gasteiger charge is 2.24. The maximum atomic E-state index is 12.5. The zero-order chi connectivity index (χ0) is 22.2. The van der Waals surface area contributed by atoms with Crippen molar-refractivity contribution in [2.75, 3.05) is 23.9 Å². The third-order valence-corrected chi connectivity index (χ3v) is 5.74. The van der Waals surface area contributed by atoms with Crippen molar-refractivity contribution < 1.29 is 19.1 Å². The van der Waals surface area contributed by atoms with Crippen molar-refractivity contribution in [1.82, 2.24) is 14.1 Å². The summed E-state index contributed by atoms with van der Waals surface area (Å²) in [5.74, 6) is -1.08. The summed E-state index contributed by atoms with van der Waals surface area (Å²) in [6, 6.07) is 10.9. The van der Waals surface area contributed by atoms with Crippen molar-refractivity contribution in [1.29, 1.82) is 0 Å². The molecule has 2 N–H and O–H groups in total. The summed E-state index contributed by atoms with van der Waals surface area (Å²) in [6.07, 6.45) is 2.24. The predicted octanol–water partition coefficient (Wildman–Crippen LogP) is 3.38. The second-order valence-electron chi connectivity index (χ2n) is 6.38. The standard InChI is InChI=1S/C20H19ClN4O4S2/c1-30-10-9-16(23-19(27)12-5-2-3-6-13(12)21)20(28)29-11-17(26)22-14-7-4-8-15-18(14)25-31-24-15/h2-8,16H,9-11H2,1H3,(H,22,26)(H,23,27). The molecule has 0 saturated carbocycles. The van der Waals surface area contributed by atoms with Crippen molar-refractivity contribution in [3.63, 3.8) is 0 Å². The monoisotopic (exact) mass is 478 g/mol. The molecule has 2 aromatic carbocycles. The van der Waals surface area contributed by atoms with E-state index in [4.69, 9.17) is 16.3 Å². The molecule has 0 fully saturated rings. The van der Waals surface area contributed by atoms with Gasteiger partial charge in [-0.2, -0.15) is 20.5 Å². The molecule has 1 heterocycles. The Morgan fingerprint density at radius 2 is 1.97 bits per heavy atom. The Hall–Kier alpha value is -2.69. The number of nitrogens with zero attached hydrogens (tertiary/aromatic N) is 2. The van der Waals surface area contributed by atoms with Crippen LogP contribution >= 0.6 is 35.1 Å². The summed E-state index contributed by atoms with van der Waals surface area (Å²) in [5.41, 5.74) is 1.98. The number of esters is 1. The Morgan fingerprint density at radius 1 is 1.16 bits per heavy atom. The molecule has 0 aliphatic carbocycles. The second kappa shape index (κ2) is 11.1. The summed E-state index contributed by atoms with van der Waals surface area (Å²) in [4.78, 5) is 37.3. The van der Waals surface area contributed by atoms with Crippen molar-refractivity contribution in [3.05, 3.63) is 53.1 Å². The van der Waals surface area contributed by atoms with Gasteiger partial charge in [0.15, 0.2) is 6.61 Å². The zero-order valence-corrected chi connectivity index (χ0v) is 18.9. The molecule has 31 heavy (non-hydrogen) atoms. The Bertz CT molecular complexity index is 1090. The number of hydrogen-bond acceptors (Lipinski definition) is 8. The highest BCUT2D eigenvalue weighted by atomic mass is 35.5. The molecule has 2 amide bonds. The molecule has 3 rings (SSSR count). The van der Waals surface area contributed by atoms with E-state index < -0.39 is 30.4 Å². The van der Waals surface area contributed by atoms with Crippen LogP contribution in [0.5, 0.6) is 0 Å². The fourth-order valence-electron chi connectivity index (χ4n) is 2.70. The van der Waals surface area contributed by atoms with Crippen molar-refractivity contribution >= 4 is 69.6 Å². The van der Waals surface area contributed by atoms with Gasteiger partial charge < -0.3 is 15.4 Å². The quantitative estimate of drug-likeness (QED) is 0.453. The minimum atomic E-state index is -0.907. The maximum Gasteiger partial charge on any atom is 0.329 e. The van der Waals surface area contributed by atoms with Gasteiger partial charge in [-0.1, -0.05) is 29.8 Å². The first-order valence-corrected chi connectivity index (χ1v) is 11.7.